The molecular weight excluding hydrogens is 256 g/mol. The number of nitrogens with one attached hydrogen (secondary N) is 1. The van der Waals surface area contributed by atoms with Crippen molar-refractivity contribution < 1.29 is 9.21 Å². The highest BCUT2D eigenvalue weighted by Gasteiger charge is 2.15. The first-order chi connectivity index (χ1) is 9.65. The van der Waals surface area contributed by atoms with Gasteiger partial charge in [0.1, 0.15) is 5.58 Å². The molecule has 5 nitrogen and oxygen atoms in total. The zero-order valence-electron chi connectivity index (χ0n) is 11.4. The van der Waals surface area contributed by atoms with Crippen LogP contribution in [0, 0.1) is 0 Å². The molecule has 0 aliphatic carbocycles. The summed E-state index contributed by atoms with van der Waals surface area (Å²) in [7, 11) is 0. The van der Waals surface area contributed by atoms with E-state index in [2.05, 4.69) is 5.32 Å². The first kappa shape index (κ1) is 14.3. The van der Waals surface area contributed by atoms with Crippen LogP contribution in [0.5, 0.6) is 0 Å². The van der Waals surface area contributed by atoms with Crippen molar-refractivity contribution in [2.24, 2.45) is 5.73 Å². The lowest BCUT2D eigenvalue weighted by Crippen LogP contribution is -2.40. The summed E-state index contributed by atoms with van der Waals surface area (Å²) in [4.78, 5) is 24.0. The van der Waals surface area contributed by atoms with Crippen LogP contribution in [0.3, 0.4) is 0 Å². The maximum absolute atomic E-state index is 12.1. The van der Waals surface area contributed by atoms with Crippen LogP contribution in [0.25, 0.3) is 11.0 Å². The third-order valence-corrected chi connectivity index (χ3v) is 3.12. The molecule has 1 atom stereocenters. The Morgan fingerprint density at radius 3 is 2.85 bits per heavy atom. The summed E-state index contributed by atoms with van der Waals surface area (Å²) in [6.07, 6.45) is 1.71. The van der Waals surface area contributed by atoms with Crippen molar-refractivity contribution in [2.75, 3.05) is 6.54 Å². The molecule has 0 fully saturated rings. The number of hydrogen-bond acceptors (Lipinski definition) is 4. The lowest BCUT2D eigenvalue weighted by molar-refractivity contribution is 0.0908. The van der Waals surface area contributed by atoms with Crippen LogP contribution in [-0.2, 0) is 0 Å². The Bertz CT molecular complexity index is 663. The fraction of sp³-hybridized carbons (Fsp3) is 0.333. The molecule has 3 N–H and O–H groups in total. The van der Waals surface area contributed by atoms with Gasteiger partial charge in [0.15, 0.2) is 11.2 Å². The Labute approximate surface area is 116 Å². The number of carbonyl (C=O) groups excluding carboxylic acids is 1. The quantitative estimate of drug-likeness (QED) is 0.868. The van der Waals surface area contributed by atoms with Gasteiger partial charge in [-0.15, -0.1) is 0 Å². The monoisotopic (exact) mass is 274 g/mol. The molecule has 0 saturated heterocycles. The van der Waals surface area contributed by atoms with Crippen molar-refractivity contribution >= 4 is 16.9 Å². The first-order valence-electron chi connectivity index (χ1n) is 6.69. The molecule has 0 bridgehead atoms. The van der Waals surface area contributed by atoms with Crippen LogP contribution in [0.15, 0.2) is 39.5 Å². The van der Waals surface area contributed by atoms with Gasteiger partial charge in [-0.3, -0.25) is 9.59 Å². The van der Waals surface area contributed by atoms with Gasteiger partial charge in [-0.25, -0.2) is 0 Å². The van der Waals surface area contributed by atoms with Crippen LogP contribution < -0.4 is 16.5 Å². The highest BCUT2D eigenvalue weighted by atomic mass is 16.3. The van der Waals surface area contributed by atoms with E-state index < -0.39 is 5.91 Å². The normalized spacial score (nSPS) is 12.3. The predicted molar refractivity (Wildman–Crippen MR) is 77.7 cm³/mol. The Morgan fingerprint density at radius 2 is 2.15 bits per heavy atom. The Balaban J connectivity index is 2.28. The zero-order valence-corrected chi connectivity index (χ0v) is 11.4. The summed E-state index contributed by atoms with van der Waals surface area (Å²) in [5.41, 5.74) is 5.78. The molecule has 1 unspecified atom stereocenters. The average Bonchev–Trinajstić information content (AvgIpc) is 2.46. The lowest BCUT2D eigenvalue weighted by atomic mass is 10.1. The molecule has 2 aromatic rings. The summed E-state index contributed by atoms with van der Waals surface area (Å²) >= 11 is 0. The van der Waals surface area contributed by atoms with E-state index in [1.54, 1.807) is 24.3 Å². The van der Waals surface area contributed by atoms with E-state index in [9.17, 15) is 9.59 Å². The molecule has 0 saturated carbocycles. The number of nitrogens with two attached hydrogens (primary N) is 1. The number of fused-ring (bicyclic) bond motifs is 1. The minimum atomic E-state index is -0.406. The van der Waals surface area contributed by atoms with Gasteiger partial charge in [-0.2, -0.15) is 0 Å². The molecule has 0 spiro atoms. The standard InChI is InChI=1S/C15H18N2O3/c1-2-5-10(9-16)17-15(19)14-8-12(18)11-6-3-4-7-13(11)20-14/h3-4,6-8,10H,2,5,9,16H2,1H3,(H,17,19). The molecular formula is C15H18N2O3. The van der Waals surface area contributed by atoms with Gasteiger partial charge in [0.25, 0.3) is 5.91 Å². The van der Waals surface area contributed by atoms with Crippen LogP contribution in [0.1, 0.15) is 30.3 Å². The summed E-state index contributed by atoms with van der Waals surface area (Å²) < 4.78 is 5.48. The maximum Gasteiger partial charge on any atom is 0.287 e. The third kappa shape index (κ3) is 3.05. The van der Waals surface area contributed by atoms with E-state index in [-0.39, 0.29) is 17.2 Å². The highest BCUT2D eigenvalue weighted by molar-refractivity contribution is 5.93. The number of carbonyl (C=O) groups is 1. The number of para-hydroxylation sites is 1. The molecule has 0 aliphatic rings. The number of amides is 1. The average molecular weight is 274 g/mol. The van der Waals surface area contributed by atoms with Crippen LogP contribution in [-0.4, -0.2) is 18.5 Å². The van der Waals surface area contributed by atoms with Crippen molar-refractivity contribution in [3.05, 3.63) is 46.3 Å². The molecule has 1 aromatic heterocycles. The number of hydrogen-bond donors (Lipinski definition) is 2. The Morgan fingerprint density at radius 1 is 1.40 bits per heavy atom. The third-order valence-electron chi connectivity index (χ3n) is 3.12. The SMILES string of the molecule is CCCC(CN)NC(=O)c1cc(=O)c2ccccc2o1. The van der Waals surface area contributed by atoms with Crippen LogP contribution in [0.2, 0.25) is 0 Å². The van der Waals surface area contributed by atoms with Crippen molar-refractivity contribution in [2.45, 2.75) is 25.8 Å². The van der Waals surface area contributed by atoms with E-state index in [1.165, 1.54) is 6.07 Å². The highest BCUT2D eigenvalue weighted by Crippen LogP contribution is 2.11. The van der Waals surface area contributed by atoms with Crippen molar-refractivity contribution in [3.8, 4) is 0 Å². The van der Waals surface area contributed by atoms with E-state index in [4.69, 9.17) is 10.2 Å². The number of rotatable bonds is 5. The van der Waals surface area contributed by atoms with Crippen molar-refractivity contribution in [3.63, 3.8) is 0 Å². The summed E-state index contributed by atoms with van der Waals surface area (Å²) in [5, 5.41) is 3.24. The molecule has 5 heteroatoms. The summed E-state index contributed by atoms with van der Waals surface area (Å²) in [5.74, 6) is -0.389. The molecule has 0 radical (unpaired) electrons. The van der Waals surface area contributed by atoms with Gasteiger partial charge in [0, 0.05) is 18.7 Å². The molecule has 1 aromatic carbocycles. The van der Waals surface area contributed by atoms with E-state index in [0.29, 0.717) is 17.5 Å². The van der Waals surface area contributed by atoms with E-state index in [0.717, 1.165) is 12.8 Å². The zero-order chi connectivity index (χ0) is 14.5. The van der Waals surface area contributed by atoms with Gasteiger partial charge in [-0.05, 0) is 18.6 Å². The molecule has 1 heterocycles. The largest absolute Gasteiger partial charge is 0.451 e. The minimum absolute atomic E-state index is 0.0169. The second-order valence-electron chi connectivity index (χ2n) is 4.67. The minimum Gasteiger partial charge on any atom is -0.451 e. The molecule has 2 rings (SSSR count). The Hall–Kier alpha value is -2.14. The number of benzene rings is 1. The first-order valence-corrected chi connectivity index (χ1v) is 6.69. The molecule has 1 amide bonds. The Kier molecular flexibility index (Phi) is 4.53. The van der Waals surface area contributed by atoms with Gasteiger partial charge < -0.3 is 15.5 Å². The van der Waals surface area contributed by atoms with Gasteiger partial charge in [0.2, 0.25) is 0 Å². The summed E-state index contributed by atoms with van der Waals surface area (Å²) in [6.45, 7) is 2.38. The topological polar surface area (TPSA) is 85.3 Å². The maximum atomic E-state index is 12.1. The summed E-state index contributed by atoms with van der Waals surface area (Å²) in [6, 6.07) is 7.96. The van der Waals surface area contributed by atoms with Crippen molar-refractivity contribution in [1.82, 2.24) is 5.32 Å². The van der Waals surface area contributed by atoms with E-state index >= 15 is 0 Å². The fourth-order valence-electron chi connectivity index (χ4n) is 2.07. The van der Waals surface area contributed by atoms with Gasteiger partial charge in [-0.1, -0.05) is 25.5 Å². The van der Waals surface area contributed by atoms with E-state index in [1.807, 2.05) is 6.92 Å². The second kappa shape index (κ2) is 6.34. The molecule has 106 valence electrons. The fourth-order valence-corrected chi connectivity index (χ4v) is 2.07. The van der Waals surface area contributed by atoms with Crippen LogP contribution in [0.4, 0.5) is 0 Å². The van der Waals surface area contributed by atoms with Gasteiger partial charge >= 0.3 is 0 Å². The second-order valence-corrected chi connectivity index (χ2v) is 4.67. The van der Waals surface area contributed by atoms with Crippen molar-refractivity contribution in [1.29, 1.82) is 0 Å². The molecule has 0 aliphatic heterocycles. The predicted octanol–water partition coefficient (Wildman–Crippen LogP) is 1.65. The van der Waals surface area contributed by atoms with Crippen LogP contribution >= 0.6 is 0 Å². The molecule has 20 heavy (non-hydrogen) atoms. The lowest BCUT2D eigenvalue weighted by Gasteiger charge is -2.15. The van der Waals surface area contributed by atoms with Gasteiger partial charge in [0.05, 0.1) is 5.39 Å². The smallest absolute Gasteiger partial charge is 0.287 e.